The second kappa shape index (κ2) is 31.2. The van der Waals surface area contributed by atoms with Crippen molar-refractivity contribution in [2.45, 2.75) is 325 Å². The lowest BCUT2D eigenvalue weighted by Gasteiger charge is -2.51. The summed E-state index contributed by atoms with van der Waals surface area (Å²) < 4.78 is 81.7. The number of aliphatic hydroxyl groups excluding tert-OH is 8. The van der Waals surface area contributed by atoms with E-state index in [2.05, 4.69) is 6.92 Å². The predicted molar refractivity (Wildman–Crippen MR) is 278 cm³/mol. The normalized spacial score (nSPS) is 44.6. The number of hydrogen-bond acceptors (Lipinski definition) is 24. The highest BCUT2D eigenvalue weighted by Crippen LogP contribution is 2.39. The Kier molecular flexibility index (Phi) is 26.1. The molecule has 0 aromatic rings. The van der Waals surface area contributed by atoms with Crippen LogP contribution in [0.15, 0.2) is 0 Å². The van der Waals surface area contributed by atoms with Gasteiger partial charge in [-0.25, -0.2) is 0 Å². The maximum atomic E-state index is 14.1. The average molecular weight is 1150 g/mol. The molecule has 24 nitrogen and oxygen atoms in total. The number of unbranched alkanes of at least 4 members (excludes halogenated alkanes) is 2. The van der Waals surface area contributed by atoms with Crippen molar-refractivity contribution < 1.29 is 117 Å². The number of ether oxygens (including phenoxy) is 13. The molecule has 8 N–H and O–H groups in total. The van der Waals surface area contributed by atoms with E-state index in [4.69, 9.17) is 61.6 Å². The average Bonchev–Trinajstić information content (AvgIpc) is 3.43. The Bertz CT molecular complexity index is 1880. The van der Waals surface area contributed by atoms with Gasteiger partial charge in [0, 0.05) is 6.42 Å². The lowest BCUT2D eigenvalue weighted by atomic mass is 9.95. The largest absolute Gasteiger partial charge is 0.457 e. The highest BCUT2D eigenvalue weighted by Gasteiger charge is 2.59. The molecule has 6 fully saturated rings. The van der Waals surface area contributed by atoms with Gasteiger partial charge in [-0.1, -0.05) is 92.4 Å². The van der Waals surface area contributed by atoms with Crippen LogP contribution in [0.3, 0.4) is 0 Å². The van der Waals surface area contributed by atoms with Crippen LogP contribution in [0.2, 0.25) is 0 Å². The Labute approximate surface area is 470 Å². The lowest BCUT2D eigenvalue weighted by Crippen LogP contribution is -2.68. The summed E-state index contributed by atoms with van der Waals surface area (Å²) in [5.74, 6) is -3.37. The first-order chi connectivity index (χ1) is 38.0. The first kappa shape index (κ1) is 66.8. The third-order valence-electron chi connectivity index (χ3n) is 16.7. The first-order valence-corrected chi connectivity index (χ1v) is 29.6. The van der Waals surface area contributed by atoms with E-state index in [-0.39, 0.29) is 12.5 Å². The third-order valence-corrected chi connectivity index (χ3v) is 16.7. The van der Waals surface area contributed by atoms with Gasteiger partial charge in [-0.15, -0.1) is 0 Å². The summed E-state index contributed by atoms with van der Waals surface area (Å²) in [6, 6.07) is 0. The zero-order chi connectivity index (χ0) is 58.7. The van der Waals surface area contributed by atoms with Gasteiger partial charge in [0.05, 0.1) is 48.5 Å². The quantitative estimate of drug-likeness (QED) is 0.0625. The fourth-order valence-electron chi connectivity index (χ4n) is 10.9. The molecule has 28 atom stereocenters. The highest BCUT2D eigenvalue weighted by atomic mass is 16.8. The minimum Gasteiger partial charge on any atom is -0.457 e. The summed E-state index contributed by atoms with van der Waals surface area (Å²) in [6.45, 7) is 16.5. The molecule has 0 unspecified atom stereocenters. The van der Waals surface area contributed by atoms with E-state index in [0.717, 1.165) is 64.2 Å². The van der Waals surface area contributed by atoms with E-state index in [1.165, 1.54) is 20.8 Å². The van der Waals surface area contributed by atoms with Crippen molar-refractivity contribution in [3.8, 4) is 0 Å². The molecule has 0 saturated carbocycles. The van der Waals surface area contributed by atoms with E-state index in [9.17, 15) is 55.2 Å². The minimum absolute atomic E-state index is 0.0293. The van der Waals surface area contributed by atoms with Gasteiger partial charge >= 0.3 is 17.9 Å². The molecule has 6 aliphatic heterocycles. The van der Waals surface area contributed by atoms with Gasteiger partial charge < -0.3 is 102 Å². The fraction of sp³-hybridized carbons (Fsp3) is 0.946. The first-order valence-electron chi connectivity index (χ1n) is 29.6. The highest BCUT2D eigenvalue weighted by molar-refractivity contribution is 5.72. The van der Waals surface area contributed by atoms with E-state index < -0.39 is 183 Å². The van der Waals surface area contributed by atoms with Gasteiger partial charge in [-0.2, -0.15) is 0 Å². The maximum absolute atomic E-state index is 14.1. The Morgan fingerprint density at radius 3 is 1.61 bits per heavy atom. The van der Waals surface area contributed by atoms with Crippen LogP contribution < -0.4 is 0 Å². The Morgan fingerprint density at radius 2 is 0.975 bits per heavy atom. The molecular formula is C56H96O24. The summed E-state index contributed by atoms with van der Waals surface area (Å²) >= 11 is 0. The van der Waals surface area contributed by atoms with Crippen LogP contribution in [0.1, 0.15) is 166 Å². The fourth-order valence-corrected chi connectivity index (χ4v) is 10.9. The molecule has 0 aromatic carbocycles. The molecule has 6 rings (SSSR count). The monoisotopic (exact) mass is 1150 g/mol. The molecule has 0 amide bonds. The second-order valence-electron chi connectivity index (χ2n) is 23.0. The number of carbonyl (C=O) groups excluding carboxylic acids is 3. The van der Waals surface area contributed by atoms with Crippen LogP contribution >= 0.6 is 0 Å². The molecule has 6 aliphatic rings. The van der Waals surface area contributed by atoms with Gasteiger partial charge in [0.1, 0.15) is 73.2 Å². The molecule has 0 aromatic heterocycles. The number of rotatable bonds is 16. The summed E-state index contributed by atoms with van der Waals surface area (Å²) in [5.41, 5.74) is 0. The molecule has 2 bridgehead atoms. The smallest absolute Gasteiger partial charge is 0.309 e. The van der Waals surface area contributed by atoms with E-state index in [0.29, 0.717) is 25.7 Å². The topological polar surface area (TPSA) is 333 Å². The van der Waals surface area contributed by atoms with E-state index in [1.54, 1.807) is 41.5 Å². The van der Waals surface area contributed by atoms with Crippen molar-refractivity contribution in [1.82, 2.24) is 0 Å². The number of aliphatic hydroxyl groups is 8. The van der Waals surface area contributed by atoms with E-state index in [1.807, 2.05) is 0 Å². The zero-order valence-corrected chi connectivity index (χ0v) is 48.4. The van der Waals surface area contributed by atoms with Crippen LogP contribution in [-0.4, -0.2) is 218 Å². The number of carbonyl (C=O) groups is 3. The summed E-state index contributed by atoms with van der Waals surface area (Å²) in [4.78, 5) is 40.8. The Balaban J connectivity index is 1.36. The van der Waals surface area contributed by atoms with Crippen molar-refractivity contribution in [3.63, 3.8) is 0 Å². The third kappa shape index (κ3) is 16.8. The summed E-state index contributed by atoms with van der Waals surface area (Å²) in [6.07, 6.45) is -27.4. The van der Waals surface area contributed by atoms with Crippen molar-refractivity contribution >= 4 is 17.9 Å². The number of hydrogen-bond donors (Lipinski definition) is 8. The van der Waals surface area contributed by atoms with Crippen molar-refractivity contribution in [3.05, 3.63) is 0 Å². The van der Waals surface area contributed by atoms with Crippen molar-refractivity contribution in [2.24, 2.45) is 11.8 Å². The molecule has 0 spiro atoms. The molecule has 464 valence electrons. The van der Waals surface area contributed by atoms with Crippen molar-refractivity contribution in [2.75, 3.05) is 0 Å². The standard InChI is InChI=1S/C56H96O24/c1-11-14-20-23-33-24-21-18-16-15-17-19-22-25-34(57)74-46-42(65)54(79-47-38(61)36(59)29(7)69-55(47)73-33)71-31(9)44(46)78-56-49(76-51(67)27(5)13-3)48(80-52-40(63)37(60)35(58)28(6)68-52)45(32(10)72-56)77-53-41(64)39(62)43(30(8)70-53)75-50(66)26(4)12-2/h26-33,35-49,52-56,58-65H,11-25H2,1-10H3/t26-,27-,28+,29-,30+,31+,32+,33-,35-,36+,37+,38+,39-,40-,41+,42+,43-,44-,45-,46-,47+,48+,49-,52-,53-,54+,55-,56+/m0/s1. The van der Waals surface area contributed by atoms with Gasteiger partial charge in [-0.3, -0.25) is 14.4 Å². The minimum atomic E-state index is -1.91. The predicted octanol–water partition coefficient (Wildman–Crippen LogP) is 2.46. The number of fused-ring (bicyclic) bond motifs is 3. The van der Waals surface area contributed by atoms with Crippen LogP contribution in [0.5, 0.6) is 0 Å². The van der Waals surface area contributed by atoms with Gasteiger partial charge in [0.2, 0.25) is 0 Å². The maximum Gasteiger partial charge on any atom is 0.309 e. The van der Waals surface area contributed by atoms with Gasteiger partial charge in [0.15, 0.2) is 49.8 Å². The van der Waals surface area contributed by atoms with Gasteiger partial charge in [-0.05, 0) is 66.7 Å². The Hall–Kier alpha value is -2.31. The molecule has 6 saturated heterocycles. The summed E-state index contributed by atoms with van der Waals surface area (Å²) in [7, 11) is 0. The van der Waals surface area contributed by atoms with Crippen LogP contribution in [0.4, 0.5) is 0 Å². The second-order valence-corrected chi connectivity index (χ2v) is 23.0. The SMILES string of the molecule is CCCCC[C@H]1CCCCCCCCCC(=O)O[C@H]2[C@@H](O)[C@@H](O[C@H]3[C@H](O1)O[C@@H](C)[C@@H](O)[C@H]3O)O[C@H](C)[C@@H]2O[C@H]1O[C@H](C)[C@H](O[C@@H]2O[C@H](C)[C@H](OC(=O)[C@@H](C)CC)[C@@H](O)[C@H]2O)[C@@H](O[C@@H]2O[C@H](C)[C@H](O)[C@@H](O)[C@@H]2O)[C@@H]1OC(=O)[C@@H](C)CC. The molecule has 6 heterocycles. The summed E-state index contributed by atoms with van der Waals surface area (Å²) in [5, 5.41) is 91.1. The molecule has 0 radical (unpaired) electrons. The van der Waals surface area contributed by atoms with Crippen molar-refractivity contribution in [1.29, 1.82) is 0 Å². The van der Waals surface area contributed by atoms with E-state index >= 15 is 0 Å². The molecular weight excluding hydrogens is 1060 g/mol. The lowest BCUT2D eigenvalue weighted by molar-refractivity contribution is -0.399. The van der Waals surface area contributed by atoms with Crippen LogP contribution in [0, 0.1) is 11.8 Å². The zero-order valence-electron chi connectivity index (χ0n) is 48.4. The molecule has 80 heavy (non-hydrogen) atoms. The number of esters is 3. The van der Waals surface area contributed by atoms with Crippen LogP contribution in [0.25, 0.3) is 0 Å². The molecule has 24 heteroatoms. The molecule has 0 aliphatic carbocycles. The van der Waals surface area contributed by atoms with Crippen LogP contribution in [-0.2, 0) is 76.0 Å². The van der Waals surface area contributed by atoms with Gasteiger partial charge in [0.25, 0.3) is 0 Å². The Morgan fingerprint density at radius 1 is 0.475 bits per heavy atom.